The van der Waals surface area contributed by atoms with Crippen molar-refractivity contribution in [2.45, 2.75) is 24.3 Å². The number of halogens is 1. The number of aliphatic hydroxyl groups is 1. The molecule has 0 saturated carbocycles. The normalized spacial score (nSPS) is 26.2. The molecule has 100 valence electrons. The van der Waals surface area contributed by atoms with Crippen LogP contribution in [0.5, 0.6) is 0 Å². The minimum absolute atomic E-state index is 0.0417. The summed E-state index contributed by atoms with van der Waals surface area (Å²) in [5, 5.41) is 9.72. The number of hydrogen-bond donors (Lipinski definition) is 1. The lowest BCUT2D eigenvalue weighted by atomic mass is 9.98. The Morgan fingerprint density at radius 2 is 2.22 bits per heavy atom. The molecule has 1 aromatic heterocycles. The summed E-state index contributed by atoms with van der Waals surface area (Å²) in [4.78, 5) is 3.36. The van der Waals surface area contributed by atoms with Crippen molar-refractivity contribution >= 4 is 10.0 Å². The second-order valence-electron chi connectivity index (χ2n) is 4.54. The van der Waals surface area contributed by atoms with E-state index in [1.165, 1.54) is 4.31 Å². The number of nitrogens with zero attached hydrogens (tertiary/aromatic N) is 2. The summed E-state index contributed by atoms with van der Waals surface area (Å²) >= 11 is 0. The van der Waals surface area contributed by atoms with Gasteiger partial charge in [0.1, 0.15) is 10.7 Å². The molecule has 1 N–H and O–H groups in total. The van der Waals surface area contributed by atoms with Crippen molar-refractivity contribution in [1.29, 1.82) is 0 Å². The van der Waals surface area contributed by atoms with E-state index in [0.717, 1.165) is 18.5 Å². The lowest BCUT2D eigenvalue weighted by Crippen LogP contribution is -2.45. The predicted octanol–water partition coefficient (Wildman–Crippen LogP) is 0.612. The number of piperidine rings is 1. The fourth-order valence-electron chi connectivity index (χ4n) is 1.92. The van der Waals surface area contributed by atoms with Gasteiger partial charge in [-0.1, -0.05) is 6.92 Å². The molecule has 0 aromatic carbocycles. The number of hydrogen-bond acceptors (Lipinski definition) is 4. The zero-order chi connectivity index (χ0) is 13.3. The van der Waals surface area contributed by atoms with Crippen molar-refractivity contribution < 1.29 is 17.9 Å². The molecule has 0 aliphatic carbocycles. The number of aliphatic hydroxyl groups excluding tert-OH is 1. The maximum atomic E-state index is 13.0. The summed E-state index contributed by atoms with van der Waals surface area (Å²) < 4.78 is 38.6. The molecular weight excluding hydrogens is 259 g/mol. The van der Waals surface area contributed by atoms with Gasteiger partial charge in [0.15, 0.2) is 0 Å². The molecule has 2 unspecified atom stereocenters. The first-order valence-corrected chi connectivity index (χ1v) is 7.14. The molecule has 1 aromatic rings. The quantitative estimate of drug-likeness (QED) is 0.858. The van der Waals surface area contributed by atoms with Crippen molar-refractivity contribution in [3.05, 3.63) is 24.3 Å². The van der Waals surface area contributed by atoms with Crippen molar-refractivity contribution in [1.82, 2.24) is 9.29 Å². The van der Waals surface area contributed by atoms with Gasteiger partial charge in [-0.25, -0.2) is 12.8 Å². The zero-order valence-corrected chi connectivity index (χ0v) is 10.8. The van der Waals surface area contributed by atoms with Crippen LogP contribution in [0.2, 0.25) is 0 Å². The second-order valence-corrected chi connectivity index (χ2v) is 6.47. The van der Waals surface area contributed by atoms with Gasteiger partial charge in [-0.3, -0.25) is 4.98 Å². The van der Waals surface area contributed by atoms with Crippen LogP contribution >= 0.6 is 0 Å². The van der Waals surface area contributed by atoms with Crippen LogP contribution in [0.4, 0.5) is 4.39 Å². The maximum Gasteiger partial charge on any atom is 0.244 e. The number of rotatable bonds is 2. The first kappa shape index (κ1) is 13.4. The van der Waals surface area contributed by atoms with Gasteiger partial charge in [0.2, 0.25) is 10.0 Å². The second kappa shape index (κ2) is 4.91. The third-order valence-electron chi connectivity index (χ3n) is 3.20. The summed E-state index contributed by atoms with van der Waals surface area (Å²) in [5.41, 5.74) is 0. The number of sulfonamides is 1. The molecule has 5 nitrogen and oxygen atoms in total. The molecule has 7 heteroatoms. The van der Waals surface area contributed by atoms with E-state index >= 15 is 0 Å². The molecule has 1 saturated heterocycles. The summed E-state index contributed by atoms with van der Waals surface area (Å²) in [6.45, 7) is 2.25. The molecule has 2 rings (SSSR count). The molecular formula is C11H15FN2O3S. The Balaban J connectivity index is 2.27. The Hall–Kier alpha value is -1.05. The summed E-state index contributed by atoms with van der Waals surface area (Å²) in [6, 6.07) is 0.937. The highest BCUT2D eigenvalue weighted by Crippen LogP contribution is 2.23. The van der Waals surface area contributed by atoms with Crippen molar-refractivity contribution in [2.75, 3.05) is 13.1 Å². The molecule has 0 bridgehead atoms. The Bertz CT molecular complexity index is 535. The average molecular weight is 274 g/mol. The summed E-state index contributed by atoms with van der Waals surface area (Å²) in [7, 11) is -3.77. The van der Waals surface area contributed by atoms with Gasteiger partial charge in [-0.15, -0.1) is 0 Å². The fraction of sp³-hybridized carbons (Fsp3) is 0.545. The molecule has 0 amide bonds. The lowest BCUT2D eigenvalue weighted by molar-refractivity contribution is 0.0605. The minimum atomic E-state index is -3.77. The summed E-state index contributed by atoms with van der Waals surface area (Å²) in [6.07, 6.45) is 1.97. The highest BCUT2D eigenvalue weighted by Gasteiger charge is 2.33. The third kappa shape index (κ3) is 2.52. The smallest absolute Gasteiger partial charge is 0.244 e. The molecule has 18 heavy (non-hydrogen) atoms. The molecule has 1 aliphatic heterocycles. The number of pyridine rings is 1. The first-order chi connectivity index (χ1) is 8.41. The molecule has 1 fully saturated rings. The van der Waals surface area contributed by atoms with Gasteiger partial charge < -0.3 is 5.11 Å². The van der Waals surface area contributed by atoms with Gasteiger partial charge in [0.05, 0.1) is 12.3 Å². The van der Waals surface area contributed by atoms with E-state index in [0.29, 0.717) is 13.0 Å². The monoisotopic (exact) mass is 274 g/mol. The van der Waals surface area contributed by atoms with Crippen LogP contribution in [-0.4, -0.2) is 42.0 Å². The zero-order valence-electron chi connectivity index (χ0n) is 9.95. The fourth-order valence-corrected chi connectivity index (χ4v) is 3.37. The largest absolute Gasteiger partial charge is 0.391 e. The van der Waals surface area contributed by atoms with Crippen LogP contribution in [0.3, 0.4) is 0 Å². The van der Waals surface area contributed by atoms with Crippen LogP contribution < -0.4 is 0 Å². The lowest BCUT2D eigenvalue weighted by Gasteiger charge is -2.33. The third-order valence-corrected chi connectivity index (χ3v) is 5.03. The van der Waals surface area contributed by atoms with E-state index in [1.807, 2.05) is 6.92 Å². The maximum absolute atomic E-state index is 13.0. The van der Waals surface area contributed by atoms with Crippen molar-refractivity contribution in [3.8, 4) is 0 Å². The van der Waals surface area contributed by atoms with E-state index in [1.54, 1.807) is 0 Å². The van der Waals surface area contributed by atoms with Crippen LogP contribution in [0.1, 0.15) is 13.3 Å². The number of β-amino-alcohol motifs (C(OH)–C–C–N with tert-alkyl or cyclic N) is 1. The Kier molecular flexibility index (Phi) is 3.65. The van der Waals surface area contributed by atoms with Crippen molar-refractivity contribution in [3.63, 3.8) is 0 Å². The molecule has 0 radical (unpaired) electrons. The van der Waals surface area contributed by atoms with Gasteiger partial charge in [0.25, 0.3) is 0 Å². The van der Waals surface area contributed by atoms with E-state index in [9.17, 15) is 17.9 Å². The highest BCUT2D eigenvalue weighted by molar-refractivity contribution is 7.89. The number of aromatic nitrogens is 1. The van der Waals surface area contributed by atoms with Crippen LogP contribution in [0, 0.1) is 11.7 Å². The Labute approximate surface area is 105 Å². The van der Waals surface area contributed by atoms with Crippen molar-refractivity contribution in [2.24, 2.45) is 5.92 Å². The van der Waals surface area contributed by atoms with Gasteiger partial charge in [-0.2, -0.15) is 4.31 Å². The van der Waals surface area contributed by atoms with E-state index in [-0.39, 0.29) is 17.4 Å². The van der Waals surface area contributed by atoms with Crippen LogP contribution in [-0.2, 0) is 10.0 Å². The SMILES string of the molecule is CC1CCN(S(=O)(=O)c2cncc(F)c2)CC1O. The molecule has 2 atom stereocenters. The highest BCUT2D eigenvalue weighted by atomic mass is 32.2. The standard InChI is InChI=1S/C11H15FN2O3S/c1-8-2-3-14(7-11(8)15)18(16,17)10-4-9(12)5-13-6-10/h4-6,8,11,15H,2-3,7H2,1H3. The minimum Gasteiger partial charge on any atom is -0.391 e. The topological polar surface area (TPSA) is 70.5 Å². The summed E-state index contributed by atoms with van der Waals surface area (Å²) in [5.74, 6) is -0.621. The molecule has 0 spiro atoms. The van der Waals surface area contributed by atoms with E-state index in [4.69, 9.17) is 0 Å². The van der Waals surface area contributed by atoms with Gasteiger partial charge in [0, 0.05) is 19.3 Å². The Morgan fingerprint density at radius 1 is 1.50 bits per heavy atom. The van der Waals surface area contributed by atoms with E-state index in [2.05, 4.69) is 4.98 Å². The van der Waals surface area contributed by atoms with Crippen LogP contribution in [0.15, 0.2) is 23.4 Å². The van der Waals surface area contributed by atoms with Crippen LogP contribution in [0.25, 0.3) is 0 Å². The van der Waals surface area contributed by atoms with Gasteiger partial charge >= 0.3 is 0 Å². The average Bonchev–Trinajstić information content (AvgIpc) is 2.32. The van der Waals surface area contributed by atoms with E-state index < -0.39 is 21.9 Å². The predicted molar refractivity (Wildman–Crippen MR) is 62.7 cm³/mol. The molecule has 1 aliphatic rings. The van der Waals surface area contributed by atoms with Gasteiger partial charge in [-0.05, 0) is 18.4 Å². The Morgan fingerprint density at radius 3 is 2.83 bits per heavy atom. The first-order valence-electron chi connectivity index (χ1n) is 5.70. The molecule has 2 heterocycles.